The van der Waals surface area contributed by atoms with Crippen LogP contribution >= 0.6 is 0 Å². The summed E-state index contributed by atoms with van der Waals surface area (Å²) in [5.41, 5.74) is -0.180. The molecule has 7 nitrogen and oxygen atoms in total. The maximum absolute atomic E-state index is 13.6. The van der Waals surface area contributed by atoms with Crippen LogP contribution < -0.4 is 10.9 Å². The van der Waals surface area contributed by atoms with Gasteiger partial charge in [-0.2, -0.15) is 0 Å². The van der Waals surface area contributed by atoms with E-state index in [2.05, 4.69) is 15.3 Å². The first-order valence-electron chi connectivity index (χ1n) is 8.30. The summed E-state index contributed by atoms with van der Waals surface area (Å²) in [6.45, 7) is -0.385. The second-order valence-corrected chi connectivity index (χ2v) is 6.09. The second kappa shape index (κ2) is 7.95. The van der Waals surface area contributed by atoms with Crippen LogP contribution in [-0.4, -0.2) is 40.3 Å². The van der Waals surface area contributed by atoms with Crippen LogP contribution in [0.25, 0.3) is 10.9 Å². The molecular weight excluding hydrogens is 370 g/mol. The Labute approximate surface area is 158 Å². The van der Waals surface area contributed by atoms with Crippen LogP contribution in [0.3, 0.4) is 0 Å². The predicted molar refractivity (Wildman–Crippen MR) is 97.5 cm³/mol. The van der Waals surface area contributed by atoms with Gasteiger partial charge in [0.1, 0.15) is 17.5 Å². The van der Waals surface area contributed by atoms with Crippen molar-refractivity contribution in [2.24, 2.45) is 0 Å². The standard InChI is InChI=1S/C19H16F2N4O3/c1-25(10-16-23-15-5-3-2-4-13(15)19(28)24-16)17(26)9-22-18(27)12-7-6-11(20)8-14(12)21/h2-8H,9-10H2,1H3,(H,22,27)(H,23,24,28). The number of hydrogen-bond acceptors (Lipinski definition) is 4. The number of hydrogen-bond donors (Lipinski definition) is 2. The van der Waals surface area contributed by atoms with Crippen molar-refractivity contribution in [3.8, 4) is 0 Å². The zero-order valence-electron chi connectivity index (χ0n) is 14.8. The fourth-order valence-corrected chi connectivity index (χ4v) is 2.58. The number of aromatic amines is 1. The summed E-state index contributed by atoms with van der Waals surface area (Å²) in [6, 6.07) is 9.34. The topological polar surface area (TPSA) is 95.2 Å². The molecule has 0 atom stereocenters. The number of benzene rings is 2. The normalized spacial score (nSPS) is 10.7. The van der Waals surface area contributed by atoms with Crippen LogP contribution in [0.2, 0.25) is 0 Å². The highest BCUT2D eigenvalue weighted by molar-refractivity contribution is 5.96. The lowest BCUT2D eigenvalue weighted by molar-refractivity contribution is -0.129. The predicted octanol–water partition coefficient (Wildman–Crippen LogP) is 1.59. The number of carbonyl (C=O) groups is 2. The summed E-state index contributed by atoms with van der Waals surface area (Å²) in [5.74, 6) is -2.85. The summed E-state index contributed by atoms with van der Waals surface area (Å²) in [4.78, 5) is 44.4. The molecule has 0 unspecified atom stereocenters. The van der Waals surface area contributed by atoms with E-state index < -0.39 is 30.0 Å². The summed E-state index contributed by atoms with van der Waals surface area (Å²) < 4.78 is 26.5. The molecule has 1 heterocycles. The first-order valence-corrected chi connectivity index (χ1v) is 8.30. The van der Waals surface area contributed by atoms with Crippen LogP contribution in [0.5, 0.6) is 0 Å². The van der Waals surface area contributed by atoms with Gasteiger partial charge < -0.3 is 15.2 Å². The largest absolute Gasteiger partial charge is 0.343 e. The molecule has 3 aromatic rings. The highest BCUT2D eigenvalue weighted by Gasteiger charge is 2.16. The van der Waals surface area contributed by atoms with Crippen molar-refractivity contribution in [1.29, 1.82) is 0 Å². The molecule has 0 aliphatic heterocycles. The lowest BCUT2D eigenvalue weighted by Gasteiger charge is -2.17. The second-order valence-electron chi connectivity index (χ2n) is 6.09. The van der Waals surface area contributed by atoms with E-state index in [9.17, 15) is 23.2 Å². The van der Waals surface area contributed by atoms with E-state index in [0.29, 0.717) is 17.0 Å². The van der Waals surface area contributed by atoms with Gasteiger partial charge >= 0.3 is 0 Å². The van der Waals surface area contributed by atoms with Crippen molar-refractivity contribution >= 4 is 22.7 Å². The van der Waals surface area contributed by atoms with Gasteiger partial charge in [0.25, 0.3) is 11.5 Å². The quantitative estimate of drug-likeness (QED) is 0.696. The Morgan fingerprint density at radius 3 is 2.68 bits per heavy atom. The fraction of sp³-hybridized carbons (Fsp3) is 0.158. The van der Waals surface area contributed by atoms with Crippen molar-refractivity contribution in [3.05, 3.63) is 75.8 Å². The molecule has 0 saturated carbocycles. The molecular formula is C19H16F2N4O3. The molecule has 28 heavy (non-hydrogen) atoms. The Morgan fingerprint density at radius 1 is 1.18 bits per heavy atom. The number of carbonyl (C=O) groups excluding carboxylic acids is 2. The molecule has 9 heteroatoms. The van der Waals surface area contributed by atoms with Crippen LogP contribution in [0.4, 0.5) is 8.78 Å². The Hall–Kier alpha value is -3.62. The highest BCUT2D eigenvalue weighted by atomic mass is 19.1. The van der Waals surface area contributed by atoms with Crippen molar-refractivity contribution in [1.82, 2.24) is 20.2 Å². The third-order valence-corrected chi connectivity index (χ3v) is 4.05. The summed E-state index contributed by atoms with van der Waals surface area (Å²) in [7, 11) is 1.47. The Balaban J connectivity index is 1.63. The SMILES string of the molecule is CN(Cc1nc2ccccc2c(=O)[nH]1)C(=O)CNC(=O)c1ccc(F)cc1F. The number of amides is 2. The van der Waals surface area contributed by atoms with E-state index in [-0.39, 0.29) is 23.5 Å². The van der Waals surface area contributed by atoms with Gasteiger partial charge in [-0.3, -0.25) is 14.4 Å². The van der Waals surface area contributed by atoms with Crippen LogP contribution in [0.1, 0.15) is 16.2 Å². The number of rotatable bonds is 5. The van der Waals surface area contributed by atoms with Gasteiger partial charge in [0, 0.05) is 13.1 Å². The van der Waals surface area contributed by atoms with E-state index in [1.54, 1.807) is 24.3 Å². The average molecular weight is 386 g/mol. The first-order chi connectivity index (χ1) is 13.3. The van der Waals surface area contributed by atoms with Gasteiger partial charge in [-0.15, -0.1) is 0 Å². The Morgan fingerprint density at radius 2 is 1.93 bits per heavy atom. The summed E-state index contributed by atoms with van der Waals surface area (Å²) in [5, 5.41) is 2.72. The van der Waals surface area contributed by atoms with Crippen LogP contribution in [-0.2, 0) is 11.3 Å². The van der Waals surface area contributed by atoms with E-state index in [1.807, 2.05) is 0 Å². The zero-order valence-corrected chi connectivity index (χ0v) is 14.8. The number of fused-ring (bicyclic) bond motifs is 1. The lowest BCUT2D eigenvalue weighted by Crippen LogP contribution is -2.38. The van der Waals surface area contributed by atoms with Gasteiger partial charge in [-0.25, -0.2) is 13.8 Å². The molecule has 2 aromatic carbocycles. The Kier molecular flexibility index (Phi) is 5.44. The minimum atomic E-state index is -1.02. The smallest absolute Gasteiger partial charge is 0.258 e. The number of para-hydroxylation sites is 1. The molecule has 0 fully saturated rings. The summed E-state index contributed by atoms with van der Waals surface area (Å²) >= 11 is 0. The molecule has 0 aliphatic carbocycles. The fourth-order valence-electron chi connectivity index (χ4n) is 2.58. The number of likely N-dealkylation sites (N-methyl/N-ethyl adjacent to an activating group) is 1. The maximum atomic E-state index is 13.6. The minimum absolute atomic E-state index is 0.0136. The van der Waals surface area contributed by atoms with E-state index >= 15 is 0 Å². The Bertz CT molecular complexity index is 1110. The molecule has 0 bridgehead atoms. The third kappa shape index (κ3) is 4.20. The number of nitrogens with one attached hydrogen (secondary N) is 2. The number of aromatic nitrogens is 2. The summed E-state index contributed by atoms with van der Waals surface area (Å²) in [6.07, 6.45) is 0. The lowest BCUT2D eigenvalue weighted by atomic mass is 10.2. The minimum Gasteiger partial charge on any atom is -0.343 e. The van der Waals surface area contributed by atoms with Gasteiger partial charge in [-0.1, -0.05) is 12.1 Å². The van der Waals surface area contributed by atoms with E-state index in [1.165, 1.54) is 11.9 Å². The average Bonchev–Trinajstić information content (AvgIpc) is 2.65. The molecule has 0 saturated heterocycles. The molecule has 3 rings (SSSR count). The monoisotopic (exact) mass is 386 g/mol. The molecule has 0 aliphatic rings. The van der Waals surface area contributed by atoms with Gasteiger partial charge in [-0.05, 0) is 24.3 Å². The van der Waals surface area contributed by atoms with Gasteiger partial charge in [0.2, 0.25) is 5.91 Å². The third-order valence-electron chi connectivity index (χ3n) is 4.05. The molecule has 0 radical (unpaired) electrons. The van der Waals surface area contributed by atoms with Crippen LogP contribution in [0.15, 0.2) is 47.3 Å². The number of nitrogens with zero attached hydrogens (tertiary/aromatic N) is 2. The van der Waals surface area contributed by atoms with Gasteiger partial charge in [0.15, 0.2) is 0 Å². The molecule has 2 N–H and O–H groups in total. The van der Waals surface area contributed by atoms with Crippen molar-refractivity contribution in [2.75, 3.05) is 13.6 Å². The highest BCUT2D eigenvalue weighted by Crippen LogP contribution is 2.09. The van der Waals surface area contributed by atoms with E-state index in [4.69, 9.17) is 0 Å². The van der Waals surface area contributed by atoms with Crippen molar-refractivity contribution < 1.29 is 18.4 Å². The van der Waals surface area contributed by atoms with Crippen molar-refractivity contribution in [2.45, 2.75) is 6.54 Å². The van der Waals surface area contributed by atoms with Crippen LogP contribution in [0, 0.1) is 11.6 Å². The van der Waals surface area contributed by atoms with Crippen molar-refractivity contribution in [3.63, 3.8) is 0 Å². The number of H-pyrrole nitrogens is 1. The molecule has 2 amide bonds. The molecule has 1 aromatic heterocycles. The first kappa shape index (κ1) is 19.2. The number of halogens is 2. The zero-order chi connectivity index (χ0) is 20.3. The maximum Gasteiger partial charge on any atom is 0.258 e. The molecule has 0 spiro atoms. The molecule has 144 valence electrons. The van der Waals surface area contributed by atoms with Gasteiger partial charge in [0.05, 0.1) is 29.6 Å². The van der Waals surface area contributed by atoms with E-state index in [0.717, 1.165) is 12.1 Å².